The molecule has 37 nitrogen and oxygen atoms in total. The first-order valence-electron chi connectivity index (χ1n) is 85.3. The highest BCUT2D eigenvalue weighted by Crippen LogP contribution is 2.53. The molecule has 42 heteroatoms. The van der Waals surface area contributed by atoms with Crippen LogP contribution in [0, 0.1) is 33.7 Å². The minimum Gasteiger partial charge on any atom is -0.506 e. The first kappa shape index (κ1) is 60.2. The summed E-state index contributed by atoms with van der Waals surface area (Å²) in [5.74, 6) is 0.686. The number of aromatic hydroxyl groups is 1. The average molecular weight is 2140 g/mol. The smallest absolute Gasteiger partial charge is 0.414 e. The van der Waals surface area contributed by atoms with Crippen LogP contribution >= 0.6 is 0 Å². The number of nitrogens with two attached hydrogens (primary N) is 3. The van der Waals surface area contributed by atoms with Crippen molar-refractivity contribution in [1.82, 2.24) is 80.1 Å². The Morgan fingerprint density at radius 2 is 0.895 bits per heavy atom. The summed E-state index contributed by atoms with van der Waals surface area (Å²) in [7, 11) is -1.08. The molecule has 0 radical (unpaired) electrons. The number of nitrogens with zero attached hydrogens (tertiary/aromatic N) is 16. The standard InChI is InChI=1S/C32H33FN4O8S2.C30H31FN8O3.C25H23FN8O.C8H6N2O.C6H12N2.39H2/c1-32(2,3)45-31(38)37(4)25-16-21(33)15-24-26-28(34-27(24)25)35-30(47(41,42)18-20-9-13-23(44-6)14-10-20)36-29(26)46(39,40)17-19-7-11-22(43-5)12-8-19;1-29(2,3)42-28(40)38(4)21-11-16(31)10-18-23-25(35-24(18)21)36-27(37-26(23)39-14-30(15-39)8-7-22(30)32)41-17-12-20-19(34-13-17)6-5-9-33-20;1-28-18-8-13(26)7-15-20-22(31-21(15)18)32-24(33-23(20)34-11-25(12-34)5-4-19(25)27)35-14-9-17-16(30-10-14)3-2-6-29-17;11-6-4-8-7(10-5-6)2-1-3-9-8;7-5-1-2-6(5)3-8-4-6;;;;;;;;;;;;;;;;;;;;;;;;;;;;;;;;;;;;;;;/h7-16H,17-18H2,1-6H3,(H,34,35,36);5-6,9-13,22H,7-8,14-15,32H2,1-4H3,(H,35,36,37);2-3,6-10,19,28H,4-5,11-12,27H2,1H3,(H,31,32,33);1-5,11H;5,8H,1-4,7H2;39*1H/t;22-;19-;;5-;;;;;;;;;;;;;;;;;;;;;;;;;;;;;;;;;;;;;;;/m.00.0......................................./s1/i;;;;;39*1+1D. The van der Waals surface area contributed by atoms with E-state index in [0.717, 1.165) is 107 Å². The van der Waals surface area contributed by atoms with Crippen LogP contribution in [0.1, 0.15) is 207 Å². The molecule has 3 saturated carbocycles. The minimum absolute atomic E-state index is 0.00777. The zero-order valence-corrected chi connectivity index (χ0v) is 81.7. The van der Waals surface area contributed by atoms with Crippen LogP contribution in [0.3, 0.4) is 0 Å². The number of sulfone groups is 2. The third kappa shape index (κ3) is 19.5. The second-order valence-electron chi connectivity index (χ2n) is 38.8. The van der Waals surface area contributed by atoms with Gasteiger partial charge in [0.1, 0.15) is 74.5 Å². The summed E-state index contributed by atoms with van der Waals surface area (Å²) < 4.78 is 524. The number of carbonyl (C=O) groups excluding carboxylic acids is 2. The number of methoxy groups -OCH3 is 2. The van der Waals surface area contributed by atoms with Crippen LogP contribution in [0.4, 0.5) is 51.5 Å². The zero-order chi connectivity index (χ0) is 179. The number of fused-ring (bicyclic) bond motifs is 12. The van der Waals surface area contributed by atoms with Crippen molar-refractivity contribution in [3.63, 3.8) is 0 Å². The third-order valence-corrected chi connectivity index (χ3v) is 29.9. The zero-order valence-electron chi connectivity index (χ0n) is 158. The minimum atomic E-state index is -4.39. The molecule has 17 aromatic rings. The molecule has 6 fully saturated rings. The van der Waals surface area contributed by atoms with Gasteiger partial charge in [0.2, 0.25) is 19.7 Å². The van der Waals surface area contributed by atoms with Crippen LogP contribution in [0.15, 0.2) is 187 Å². The SMILES string of the molecule is CN(C(=O)OC(C)(C)C)c1cc(F)cc2c1[nH]c1nc(Oc3cnc4cccnc4c3)nc(N3CC4(CC[C@@H]4N)C3)c12.CNc1cc(F)cc2c1[nH]c1nc(Oc3cnc4cccnc4c3)nc(N3CC4(CC[C@@H]4N)C3)c12.COc1ccc(CS(=O)(=O)c2nc(S(=O)(=O)Cc3ccc(OC)cc3)c3c(n2)[nH]c2c(N(C)C(=O)OC(C)(C)C)cc(F)cc23)cc1.N[C@H]1CCC12CNC2.Oc1cnc2cccnc2c1.[2H][2H].[2H][2H].[2H][2H].[2H][2H].[2H][2H].[2H][2H].[2H][2H].[2H][2H].[2H][2H].[2H][2H].[2H][2H].[2H][2H].[2H][2H].[2H][2H].[2H][2H].[2H][2H].[2H][2H].[2H][2H].[2H][2H].[2H][2H].[2H][2H].[2H][2H].[2H][2H].[2H][2H].[2H][2H].[2H][2H].[2H][2H].[2H][2H].[2H][2H].[2H][2H].[2H][2H].[2H][2H].[2H][2H].[2H][2H].[2H][2H].[2H][2H].[2H][2H].[2H][2H].[2H][2H]. The summed E-state index contributed by atoms with van der Waals surface area (Å²) >= 11 is 0. The van der Waals surface area contributed by atoms with Crippen LogP contribution in [-0.4, -0.2) is 213 Å². The van der Waals surface area contributed by atoms with Gasteiger partial charge in [-0.15, -0.1) is 0 Å². The number of hydrogen-bond donors (Lipinski definition) is 9. The molecule has 2 amide bonds. The molecule has 3 aliphatic heterocycles. The summed E-state index contributed by atoms with van der Waals surface area (Å²) in [6, 6.07) is 37.8. The van der Waals surface area contributed by atoms with Crippen LogP contribution in [0.5, 0.6) is 40.8 Å². The summed E-state index contributed by atoms with van der Waals surface area (Å²) in [4.78, 5) is 94.9. The number of benzene rings is 5. The van der Waals surface area contributed by atoms with Crippen molar-refractivity contribution in [2.75, 3.05) is 99.5 Å². The number of anilines is 5. The Kier molecular flexibility index (Phi) is 15.9. The highest BCUT2D eigenvalue weighted by atomic mass is 32.2. The summed E-state index contributed by atoms with van der Waals surface area (Å²) in [5, 5.41) is 16.6. The van der Waals surface area contributed by atoms with Gasteiger partial charge in [-0.3, -0.25) is 39.7 Å². The van der Waals surface area contributed by atoms with E-state index in [4.69, 9.17) is 177 Å². The Balaban J connectivity index is -0.000000111. The first-order chi connectivity index (χ1) is 107. The molecule has 5 aromatic carbocycles. The fraction of sp³-hybridized carbons (Fsp3) is 0.327. The summed E-state index contributed by atoms with van der Waals surface area (Å²) in [6.07, 6.45) is 15.1. The van der Waals surface area contributed by atoms with Crippen molar-refractivity contribution in [3.8, 4) is 40.8 Å². The van der Waals surface area contributed by atoms with Crippen molar-refractivity contribution in [2.45, 2.75) is 131 Å². The van der Waals surface area contributed by atoms with E-state index < -0.39 is 76.4 Å². The lowest BCUT2D eigenvalue weighted by molar-refractivity contribution is 0.0297. The number of halogens is 3. The predicted octanol–water partition coefficient (Wildman–Crippen LogP) is 25.5. The third-order valence-electron chi connectivity index (χ3n) is 26.8. The molecule has 12 aromatic heterocycles. The van der Waals surface area contributed by atoms with Gasteiger partial charge in [0, 0.05) is 264 Å². The second kappa shape index (κ2) is 37.7. The lowest BCUT2D eigenvalue weighted by Gasteiger charge is -2.60. The van der Waals surface area contributed by atoms with Crippen LogP contribution in [0.2, 0.25) is 0 Å². The molecular formula is C101H183F3N24O13S2. The topological polar surface area (TPSA) is 495 Å². The number of nitrogens with one attached hydrogen (secondary N) is 5. The molecule has 12 N–H and O–H groups in total. The lowest BCUT2D eigenvalue weighted by atomic mass is 9.60. The van der Waals surface area contributed by atoms with E-state index in [1.165, 1.54) is 82.6 Å². The summed E-state index contributed by atoms with van der Waals surface area (Å²) in [5.41, 5.74) is 26.1. The van der Waals surface area contributed by atoms with E-state index in [0.29, 0.717) is 107 Å². The van der Waals surface area contributed by atoms with Crippen molar-refractivity contribution < 1.29 is 189 Å². The molecule has 3 spiro atoms. The molecule has 23 rings (SSSR count). The van der Waals surface area contributed by atoms with Gasteiger partial charge in [0.15, 0.2) is 16.5 Å². The van der Waals surface area contributed by atoms with E-state index in [-0.39, 0.29) is 74.1 Å². The predicted molar refractivity (Wildman–Crippen MR) is 620 cm³/mol. The molecule has 3 aliphatic carbocycles. The molecule has 818 valence electrons. The molecule has 3 saturated heterocycles. The molecule has 3 atom stereocenters. The van der Waals surface area contributed by atoms with Gasteiger partial charge in [-0.05, 0) is 188 Å². The largest absolute Gasteiger partial charge is 0.506 e. The molecule has 15 heterocycles. The Morgan fingerprint density at radius 1 is 0.497 bits per heavy atom. The lowest BCUT2D eigenvalue weighted by Crippen LogP contribution is -2.69. The van der Waals surface area contributed by atoms with E-state index >= 15 is 8.78 Å². The number of amides is 2. The molecule has 0 unspecified atom stereocenters. The highest BCUT2D eigenvalue weighted by molar-refractivity contribution is 7.91. The Labute approximate surface area is 938 Å². The number of carbonyl (C=O) groups is 2. The molecule has 143 heavy (non-hydrogen) atoms. The van der Waals surface area contributed by atoms with Gasteiger partial charge in [-0.1, -0.05) is 24.3 Å². The number of rotatable bonds is 17. The van der Waals surface area contributed by atoms with Gasteiger partial charge in [-0.2, -0.15) is 19.9 Å². The fourth-order valence-corrected chi connectivity index (χ4v) is 21.4. The molecule has 6 aliphatic rings. The number of aromatic nitrogens is 15. The number of ether oxygens (including phenoxy) is 6. The monoisotopic (exact) mass is 2140 g/mol. The maximum atomic E-state index is 15.2. The fourth-order valence-electron chi connectivity index (χ4n) is 18.6. The normalized spacial score (nSPS) is 19.1. The molecular weight excluding hydrogens is 1880 g/mol. The van der Waals surface area contributed by atoms with Crippen molar-refractivity contribution in [2.24, 2.45) is 33.4 Å². The second-order valence-corrected chi connectivity index (χ2v) is 42.6. The number of hydrogen-bond acceptors (Lipinski definition) is 32. The van der Waals surface area contributed by atoms with E-state index in [2.05, 4.69) is 85.2 Å². The van der Waals surface area contributed by atoms with Crippen LogP contribution in [-0.2, 0) is 40.7 Å². The highest BCUT2D eigenvalue weighted by Gasteiger charge is 2.56. The Bertz CT molecular complexity index is 8280. The number of H-pyrrole nitrogens is 3. The van der Waals surface area contributed by atoms with Crippen LogP contribution in [0.25, 0.3) is 98.9 Å². The average Bonchev–Trinajstić information content (AvgIpc) is 1.63. The molecule has 0 bridgehead atoms. The van der Waals surface area contributed by atoms with E-state index in [1.807, 2.05) is 36.4 Å². The Morgan fingerprint density at radius 3 is 1.29 bits per heavy atom. The van der Waals surface area contributed by atoms with Gasteiger partial charge in [0.05, 0.1) is 127 Å². The van der Waals surface area contributed by atoms with Crippen molar-refractivity contribution >= 4 is 159 Å². The Hall–Kier alpha value is -15.1. The van der Waals surface area contributed by atoms with Gasteiger partial charge >= 0.3 is 24.2 Å². The van der Waals surface area contributed by atoms with Crippen molar-refractivity contribution in [1.29, 1.82) is 0 Å². The van der Waals surface area contributed by atoms with Crippen molar-refractivity contribution in [3.05, 3.63) is 205 Å². The summed E-state index contributed by atoms with van der Waals surface area (Å²) in [6.45, 7) is 15.8. The van der Waals surface area contributed by atoms with E-state index in [9.17, 15) is 30.8 Å². The number of aromatic amines is 3. The quantitative estimate of drug-likeness (QED) is 0.0302. The maximum Gasteiger partial charge on any atom is 0.414 e. The van der Waals surface area contributed by atoms with Crippen LogP contribution < -0.4 is 66.4 Å². The van der Waals surface area contributed by atoms with Gasteiger partial charge in [-0.25, -0.2) is 49.6 Å². The number of pyridine rings is 6. The van der Waals surface area contributed by atoms with Gasteiger partial charge in [0.25, 0.3) is 5.16 Å². The van der Waals surface area contributed by atoms with Gasteiger partial charge < -0.3 is 86.1 Å². The maximum absolute atomic E-state index is 15.2. The first-order valence-corrected chi connectivity index (χ1v) is 49.6. The van der Waals surface area contributed by atoms with E-state index in [1.54, 1.807) is 153 Å².